The van der Waals surface area contributed by atoms with E-state index < -0.39 is 0 Å². The van der Waals surface area contributed by atoms with Gasteiger partial charge in [0.05, 0.1) is 0 Å². The summed E-state index contributed by atoms with van der Waals surface area (Å²) >= 11 is 0. The summed E-state index contributed by atoms with van der Waals surface area (Å²) in [5.74, 6) is 0.560. The topological polar surface area (TPSA) is 115 Å². The van der Waals surface area contributed by atoms with Crippen LogP contribution in [0, 0.1) is 0 Å². The fourth-order valence-corrected chi connectivity index (χ4v) is 2.49. The molecule has 7 heteroatoms. The second-order valence-corrected chi connectivity index (χ2v) is 5.42. The molecule has 1 fully saturated rings. The number of guanidine groups is 2. The van der Waals surface area contributed by atoms with Crippen LogP contribution >= 0.6 is 0 Å². The molecule has 0 amide bonds. The van der Waals surface area contributed by atoms with Crippen LogP contribution in [-0.4, -0.2) is 43.1 Å². The first-order valence-corrected chi connectivity index (χ1v) is 7.42. The van der Waals surface area contributed by atoms with Gasteiger partial charge in [-0.1, -0.05) is 18.6 Å². The van der Waals surface area contributed by atoms with E-state index in [0.29, 0.717) is 24.1 Å². The standard InChI is InChI=1S/C15H24N6O/c1-21-9-5-4-6-11(21)10-22-13-8-3-2-7-12(13)19-15(18)20-14(16)17/h2-3,7-8,11H,4-6,9-10H2,1H3,(H6,16,17,18,19,20). The molecule has 1 saturated heterocycles. The Hall–Kier alpha value is -2.28. The van der Waals surface area contributed by atoms with Crippen molar-refractivity contribution in [2.75, 3.05) is 20.2 Å². The molecule has 1 heterocycles. The monoisotopic (exact) mass is 304 g/mol. The van der Waals surface area contributed by atoms with E-state index in [2.05, 4.69) is 21.9 Å². The van der Waals surface area contributed by atoms with Gasteiger partial charge in [0, 0.05) is 6.04 Å². The fraction of sp³-hybridized carbons (Fsp3) is 0.467. The average Bonchev–Trinajstić information content (AvgIpc) is 2.47. The highest BCUT2D eigenvalue weighted by Gasteiger charge is 2.19. The van der Waals surface area contributed by atoms with Crippen LogP contribution in [0.1, 0.15) is 19.3 Å². The van der Waals surface area contributed by atoms with Crippen LogP contribution in [-0.2, 0) is 0 Å². The number of nitrogens with two attached hydrogens (primary N) is 3. The minimum atomic E-state index is -0.122. The summed E-state index contributed by atoms with van der Waals surface area (Å²) in [7, 11) is 2.13. The van der Waals surface area contributed by atoms with Crippen molar-refractivity contribution >= 4 is 17.6 Å². The number of para-hydroxylation sites is 2. The quantitative estimate of drug-likeness (QED) is 0.561. The lowest BCUT2D eigenvalue weighted by molar-refractivity contribution is 0.125. The smallest absolute Gasteiger partial charge is 0.223 e. The highest BCUT2D eigenvalue weighted by atomic mass is 16.5. The number of benzene rings is 1. The van der Waals surface area contributed by atoms with Crippen molar-refractivity contribution in [1.29, 1.82) is 0 Å². The first kappa shape index (κ1) is 16.1. The van der Waals surface area contributed by atoms with Crippen molar-refractivity contribution in [2.45, 2.75) is 25.3 Å². The number of likely N-dealkylation sites (tertiary alicyclic amines) is 1. The van der Waals surface area contributed by atoms with Gasteiger partial charge in [-0.05, 0) is 38.6 Å². The average molecular weight is 304 g/mol. The molecule has 2 rings (SSSR count). The molecule has 0 saturated carbocycles. The summed E-state index contributed by atoms with van der Waals surface area (Å²) in [4.78, 5) is 10.2. The van der Waals surface area contributed by atoms with Crippen molar-refractivity contribution in [1.82, 2.24) is 4.90 Å². The number of rotatable bonds is 4. The van der Waals surface area contributed by atoms with Crippen LogP contribution < -0.4 is 21.9 Å². The minimum absolute atomic E-state index is 0.00540. The summed E-state index contributed by atoms with van der Waals surface area (Å²) in [6, 6.07) is 7.87. The maximum absolute atomic E-state index is 5.94. The number of piperidine rings is 1. The molecule has 1 aliphatic rings. The Labute approximate surface area is 130 Å². The van der Waals surface area contributed by atoms with Crippen molar-refractivity contribution < 1.29 is 4.74 Å². The molecule has 1 unspecified atom stereocenters. The van der Waals surface area contributed by atoms with Gasteiger partial charge in [-0.15, -0.1) is 0 Å². The third kappa shape index (κ3) is 4.63. The van der Waals surface area contributed by atoms with Gasteiger partial charge in [0.25, 0.3) is 0 Å². The first-order chi connectivity index (χ1) is 10.6. The van der Waals surface area contributed by atoms with Crippen molar-refractivity contribution in [3.63, 3.8) is 0 Å². The summed E-state index contributed by atoms with van der Waals surface area (Å²) < 4.78 is 5.94. The lowest BCUT2D eigenvalue weighted by Crippen LogP contribution is -2.40. The SMILES string of the molecule is CN1CCCCC1COc1ccccc1N=C(N)N=C(N)N. The molecule has 7 nitrogen and oxygen atoms in total. The van der Waals surface area contributed by atoms with Crippen molar-refractivity contribution in [3.8, 4) is 5.75 Å². The second-order valence-electron chi connectivity index (χ2n) is 5.42. The Kier molecular flexibility index (Phi) is 5.60. The molecule has 6 N–H and O–H groups in total. The Bertz CT molecular complexity index is 553. The maximum Gasteiger partial charge on any atom is 0.223 e. The third-order valence-corrected chi connectivity index (χ3v) is 3.70. The highest BCUT2D eigenvalue weighted by Crippen LogP contribution is 2.28. The van der Waals surface area contributed by atoms with Crippen LogP contribution in [0.4, 0.5) is 5.69 Å². The number of likely N-dealkylation sites (N-methyl/N-ethyl adjacent to an activating group) is 1. The van der Waals surface area contributed by atoms with E-state index in [4.69, 9.17) is 21.9 Å². The molecule has 1 aliphatic heterocycles. The van der Waals surface area contributed by atoms with Gasteiger partial charge in [0.15, 0.2) is 5.96 Å². The van der Waals surface area contributed by atoms with Crippen LogP contribution in [0.25, 0.3) is 0 Å². The molecular formula is C15H24N6O. The molecular weight excluding hydrogens is 280 g/mol. The Morgan fingerprint density at radius 3 is 2.77 bits per heavy atom. The van der Waals surface area contributed by atoms with Crippen LogP contribution in [0.2, 0.25) is 0 Å². The number of ether oxygens (including phenoxy) is 1. The summed E-state index contributed by atoms with van der Waals surface area (Å²) in [5, 5.41) is 0. The lowest BCUT2D eigenvalue weighted by atomic mass is 10.0. The first-order valence-electron chi connectivity index (χ1n) is 7.42. The molecule has 0 aromatic heterocycles. The molecule has 0 bridgehead atoms. The summed E-state index contributed by atoms with van der Waals surface area (Å²) in [6.45, 7) is 1.75. The normalized spacial score (nSPS) is 19.7. The van der Waals surface area contributed by atoms with E-state index in [9.17, 15) is 0 Å². The fourth-order valence-electron chi connectivity index (χ4n) is 2.49. The number of hydrogen-bond acceptors (Lipinski definition) is 3. The molecule has 1 aromatic rings. The molecule has 1 aromatic carbocycles. The Morgan fingerprint density at radius 1 is 1.27 bits per heavy atom. The number of nitrogens with zero attached hydrogens (tertiary/aromatic N) is 3. The Morgan fingerprint density at radius 2 is 2.05 bits per heavy atom. The lowest BCUT2D eigenvalue weighted by Gasteiger charge is -2.32. The zero-order chi connectivity index (χ0) is 15.9. The molecule has 1 atom stereocenters. The van der Waals surface area contributed by atoms with Gasteiger partial charge < -0.3 is 26.8 Å². The summed E-state index contributed by atoms with van der Waals surface area (Å²) in [5.41, 5.74) is 16.9. The van der Waals surface area contributed by atoms with Gasteiger partial charge >= 0.3 is 0 Å². The predicted octanol–water partition coefficient (Wildman–Crippen LogP) is 0.769. The molecule has 120 valence electrons. The van der Waals surface area contributed by atoms with E-state index in [-0.39, 0.29) is 11.9 Å². The van der Waals surface area contributed by atoms with E-state index in [1.165, 1.54) is 12.8 Å². The highest BCUT2D eigenvalue weighted by molar-refractivity contribution is 5.93. The van der Waals surface area contributed by atoms with Crippen molar-refractivity contribution in [3.05, 3.63) is 24.3 Å². The molecule has 22 heavy (non-hydrogen) atoms. The van der Waals surface area contributed by atoms with Gasteiger partial charge in [0.2, 0.25) is 5.96 Å². The Balaban J connectivity index is 2.06. The van der Waals surface area contributed by atoms with E-state index in [0.717, 1.165) is 13.0 Å². The van der Waals surface area contributed by atoms with E-state index in [1.807, 2.05) is 24.3 Å². The largest absolute Gasteiger partial charge is 0.490 e. The van der Waals surface area contributed by atoms with E-state index >= 15 is 0 Å². The van der Waals surface area contributed by atoms with Gasteiger partial charge in [0.1, 0.15) is 18.0 Å². The minimum Gasteiger partial charge on any atom is -0.490 e. The van der Waals surface area contributed by atoms with Crippen molar-refractivity contribution in [2.24, 2.45) is 27.2 Å². The van der Waals surface area contributed by atoms with Gasteiger partial charge in [-0.3, -0.25) is 0 Å². The predicted molar refractivity (Wildman–Crippen MR) is 89.3 cm³/mol. The van der Waals surface area contributed by atoms with Gasteiger partial charge in [-0.25, -0.2) is 4.99 Å². The number of hydrogen-bond donors (Lipinski definition) is 3. The zero-order valence-corrected chi connectivity index (χ0v) is 12.9. The van der Waals surface area contributed by atoms with Crippen LogP contribution in [0.5, 0.6) is 5.75 Å². The maximum atomic E-state index is 5.94. The molecule has 0 radical (unpaired) electrons. The number of aliphatic imine (C=N–C) groups is 2. The third-order valence-electron chi connectivity index (χ3n) is 3.70. The van der Waals surface area contributed by atoms with Gasteiger partial charge in [-0.2, -0.15) is 4.99 Å². The van der Waals surface area contributed by atoms with Crippen LogP contribution in [0.15, 0.2) is 34.3 Å². The van der Waals surface area contributed by atoms with E-state index in [1.54, 1.807) is 0 Å². The van der Waals surface area contributed by atoms with Crippen LogP contribution in [0.3, 0.4) is 0 Å². The molecule has 0 spiro atoms. The zero-order valence-electron chi connectivity index (χ0n) is 12.9. The summed E-state index contributed by atoms with van der Waals surface area (Å²) in [6.07, 6.45) is 3.65. The molecule has 0 aliphatic carbocycles. The second kappa shape index (κ2) is 7.65.